The highest BCUT2D eigenvalue weighted by Crippen LogP contribution is 1.92. The normalized spacial score (nSPS) is 14.6. The molecule has 0 aromatic rings. The van der Waals surface area contributed by atoms with Crippen LogP contribution in [0.3, 0.4) is 0 Å². The van der Waals surface area contributed by atoms with E-state index >= 15 is 0 Å². The van der Waals surface area contributed by atoms with E-state index in [4.69, 9.17) is 10.8 Å². The van der Waals surface area contributed by atoms with Gasteiger partial charge in [-0.15, -0.1) is 0 Å². The summed E-state index contributed by atoms with van der Waals surface area (Å²) in [6, 6.07) is 0. The molecular weight excluding hydrogens is 142 g/mol. The Labute approximate surface area is 67.5 Å². The molecule has 0 heterocycles. The molecule has 4 heteroatoms. The zero-order valence-corrected chi connectivity index (χ0v) is 7.17. The fourth-order valence-corrected chi connectivity index (χ4v) is 0.693. The Morgan fingerprint density at radius 3 is 2.82 bits per heavy atom. The van der Waals surface area contributed by atoms with E-state index in [1.165, 1.54) is 0 Å². The van der Waals surface area contributed by atoms with Crippen LogP contribution in [-0.4, -0.2) is 30.8 Å². The minimum absolute atomic E-state index is 0.225. The number of nitrogens with one attached hydrogen (secondary N) is 1. The van der Waals surface area contributed by atoms with Gasteiger partial charge in [-0.05, 0) is 19.8 Å². The fourth-order valence-electron chi connectivity index (χ4n) is 0.693. The molecule has 0 fully saturated rings. The third-order valence-corrected chi connectivity index (χ3v) is 1.35. The van der Waals surface area contributed by atoms with Crippen LogP contribution >= 0.6 is 0 Å². The Balaban J connectivity index is 3.15. The van der Waals surface area contributed by atoms with Gasteiger partial charge >= 0.3 is 0 Å². The van der Waals surface area contributed by atoms with Crippen LogP contribution in [0.1, 0.15) is 19.8 Å². The summed E-state index contributed by atoms with van der Waals surface area (Å²) in [6.07, 6.45) is 1.48. The molecule has 0 aromatic heterocycles. The first kappa shape index (κ1) is 10.2. The Morgan fingerprint density at radius 1 is 1.73 bits per heavy atom. The van der Waals surface area contributed by atoms with Crippen molar-refractivity contribution < 1.29 is 5.11 Å². The molecule has 0 aliphatic rings. The number of aliphatic imine (C=N–C) groups is 1. The van der Waals surface area contributed by atoms with Gasteiger partial charge in [0.05, 0.1) is 6.10 Å². The summed E-state index contributed by atoms with van der Waals surface area (Å²) in [5.41, 5.74) is 5.37. The molecular formula is C7H17N3O. The summed E-state index contributed by atoms with van der Waals surface area (Å²) >= 11 is 0. The first-order valence-corrected chi connectivity index (χ1v) is 3.81. The van der Waals surface area contributed by atoms with E-state index in [0.717, 1.165) is 19.4 Å². The molecule has 4 nitrogen and oxygen atoms in total. The van der Waals surface area contributed by atoms with Crippen LogP contribution in [-0.2, 0) is 0 Å². The van der Waals surface area contributed by atoms with Gasteiger partial charge in [0.15, 0.2) is 5.96 Å². The zero-order chi connectivity index (χ0) is 8.69. The van der Waals surface area contributed by atoms with Crippen LogP contribution in [0.25, 0.3) is 0 Å². The van der Waals surface area contributed by atoms with Gasteiger partial charge in [-0.3, -0.25) is 4.99 Å². The summed E-state index contributed by atoms with van der Waals surface area (Å²) in [7, 11) is 1.64. The summed E-state index contributed by atoms with van der Waals surface area (Å²) < 4.78 is 0. The van der Waals surface area contributed by atoms with Gasteiger partial charge in [0.1, 0.15) is 0 Å². The summed E-state index contributed by atoms with van der Waals surface area (Å²) in [6.45, 7) is 2.55. The number of nitrogens with zero attached hydrogens (tertiary/aromatic N) is 1. The van der Waals surface area contributed by atoms with Crippen LogP contribution < -0.4 is 11.1 Å². The SMILES string of the molecule is CN=C(N)NCCCC(C)O. The van der Waals surface area contributed by atoms with Gasteiger partial charge in [-0.2, -0.15) is 0 Å². The second-order valence-corrected chi connectivity index (χ2v) is 2.53. The lowest BCUT2D eigenvalue weighted by Crippen LogP contribution is -2.32. The number of hydrogen-bond acceptors (Lipinski definition) is 2. The van der Waals surface area contributed by atoms with Crippen molar-refractivity contribution in [1.29, 1.82) is 0 Å². The average molecular weight is 159 g/mol. The zero-order valence-electron chi connectivity index (χ0n) is 7.17. The monoisotopic (exact) mass is 159 g/mol. The molecule has 66 valence electrons. The Bertz CT molecular complexity index is 123. The number of aliphatic hydroxyl groups is 1. The summed E-state index contributed by atoms with van der Waals surface area (Å²) in [5.74, 6) is 0.454. The number of aliphatic hydroxyl groups excluding tert-OH is 1. The highest BCUT2D eigenvalue weighted by atomic mass is 16.3. The fraction of sp³-hybridized carbons (Fsp3) is 0.857. The van der Waals surface area contributed by atoms with Crippen LogP contribution in [0, 0.1) is 0 Å². The average Bonchev–Trinajstić information content (AvgIpc) is 1.97. The van der Waals surface area contributed by atoms with Crippen LogP contribution in [0.5, 0.6) is 0 Å². The molecule has 1 unspecified atom stereocenters. The van der Waals surface area contributed by atoms with E-state index < -0.39 is 0 Å². The maximum Gasteiger partial charge on any atom is 0.188 e. The minimum Gasteiger partial charge on any atom is -0.393 e. The molecule has 1 atom stereocenters. The molecule has 0 rings (SSSR count). The Morgan fingerprint density at radius 2 is 2.36 bits per heavy atom. The number of rotatable bonds is 4. The van der Waals surface area contributed by atoms with Crippen LogP contribution in [0.4, 0.5) is 0 Å². The molecule has 0 aliphatic heterocycles. The van der Waals surface area contributed by atoms with Crippen molar-refractivity contribution in [2.75, 3.05) is 13.6 Å². The van der Waals surface area contributed by atoms with Crippen molar-refractivity contribution in [3.8, 4) is 0 Å². The van der Waals surface area contributed by atoms with Gasteiger partial charge in [0.25, 0.3) is 0 Å². The minimum atomic E-state index is -0.225. The van der Waals surface area contributed by atoms with E-state index in [1.54, 1.807) is 14.0 Å². The molecule has 0 aromatic carbocycles. The molecule has 4 N–H and O–H groups in total. The maximum absolute atomic E-state index is 8.89. The Kier molecular flexibility index (Phi) is 5.56. The first-order chi connectivity index (χ1) is 5.16. The van der Waals surface area contributed by atoms with Gasteiger partial charge in [0.2, 0.25) is 0 Å². The van der Waals surface area contributed by atoms with Gasteiger partial charge in [-0.25, -0.2) is 0 Å². The molecule has 0 radical (unpaired) electrons. The topological polar surface area (TPSA) is 70.6 Å². The second kappa shape index (κ2) is 5.97. The van der Waals surface area contributed by atoms with Gasteiger partial charge in [-0.1, -0.05) is 0 Å². The maximum atomic E-state index is 8.89. The summed E-state index contributed by atoms with van der Waals surface area (Å²) in [4.78, 5) is 3.73. The molecule has 0 saturated heterocycles. The number of guanidine groups is 1. The quantitative estimate of drug-likeness (QED) is 0.299. The number of hydrogen-bond donors (Lipinski definition) is 3. The number of nitrogens with two attached hydrogens (primary N) is 1. The van der Waals surface area contributed by atoms with Crippen molar-refractivity contribution in [1.82, 2.24) is 5.32 Å². The first-order valence-electron chi connectivity index (χ1n) is 3.81. The van der Waals surface area contributed by atoms with Crippen LogP contribution in [0.15, 0.2) is 4.99 Å². The van der Waals surface area contributed by atoms with E-state index in [9.17, 15) is 0 Å². The van der Waals surface area contributed by atoms with Crippen molar-refractivity contribution in [2.24, 2.45) is 10.7 Å². The predicted molar refractivity (Wildman–Crippen MR) is 46.5 cm³/mol. The molecule has 0 aliphatic carbocycles. The highest BCUT2D eigenvalue weighted by molar-refractivity contribution is 5.77. The summed E-state index contributed by atoms with van der Waals surface area (Å²) in [5, 5.41) is 11.8. The lowest BCUT2D eigenvalue weighted by Gasteiger charge is -2.05. The lowest BCUT2D eigenvalue weighted by molar-refractivity contribution is 0.182. The van der Waals surface area contributed by atoms with Crippen molar-refractivity contribution in [2.45, 2.75) is 25.9 Å². The molecule has 0 saturated carbocycles. The smallest absolute Gasteiger partial charge is 0.188 e. The molecule has 0 bridgehead atoms. The van der Waals surface area contributed by atoms with Crippen molar-refractivity contribution in [3.05, 3.63) is 0 Å². The largest absolute Gasteiger partial charge is 0.393 e. The molecule has 0 amide bonds. The van der Waals surface area contributed by atoms with E-state index in [-0.39, 0.29) is 6.10 Å². The van der Waals surface area contributed by atoms with Crippen molar-refractivity contribution >= 4 is 5.96 Å². The Hall–Kier alpha value is -0.770. The van der Waals surface area contributed by atoms with Crippen molar-refractivity contribution in [3.63, 3.8) is 0 Å². The van der Waals surface area contributed by atoms with E-state index in [0.29, 0.717) is 5.96 Å². The second-order valence-electron chi connectivity index (χ2n) is 2.53. The third-order valence-electron chi connectivity index (χ3n) is 1.35. The highest BCUT2D eigenvalue weighted by Gasteiger charge is 1.94. The van der Waals surface area contributed by atoms with Gasteiger partial charge in [0, 0.05) is 13.6 Å². The lowest BCUT2D eigenvalue weighted by atomic mass is 10.2. The molecule has 0 spiro atoms. The predicted octanol–water partition coefficient (Wildman–Crippen LogP) is -0.318. The van der Waals surface area contributed by atoms with Crippen LogP contribution in [0.2, 0.25) is 0 Å². The van der Waals surface area contributed by atoms with E-state index in [1.807, 2.05) is 0 Å². The third kappa shape index (κ3) is 7.12. The van der Waals surface area contributed by atoms with Gasteiger partial charge < -0.3 is 16.2 Å². The van der Waals surface area contributed by atoms with E-state index in [2.05, 4.69) is 10.3 Å². The molecule has 11 heavy (non-hydrogen) atoms. The standard InChI is InChI=1S/C7H17N3O/c1-6(11)4-3-5-10-7(8)9-2/h6,11H,3-5H2,1-2H3,(H3,8,9,10).